The van der Waals surface area contributed by atoms with Crippen LogP contribution in [-0.2, 0) is 0 Å². The van der Waals surface area contributed by atoms with E-state index in [1.54, 1.807) is 0 Å². The molecule has 182 valence electrons. The maximum absolute atomic E-state index is 6.22. The summed E-state index contributed by atoms with van der Waals surface area (Å²) >= 11 is 0. The normalized spacial score (nSPS) is 12.3. The van der Waals surface area contributed by atoms with E-state index in [0.717, 1.165) is 50.4 Å². The molecule has 3 aromatic heterocycles. The average Bonchev–Trinajstić information content (AvgIpc) is 3.55. The Morgan fingerprint density at radius 2 is 1.41 bits per heavy atom. The van der Waals surface area contributed by atoms with Gasteiger partial charge in [0.1, 0.15) is 11.5 Å². The quantitative estimate of drug-likeness (QED) is 0.239. The zero-order chi connectivity index (χ0) is 25.5. The molecule has 9 rings (SSSR count). The van der Waals surface area contributed by atoms with Gasteiger partial charge in [0, 0.05) is 33.6 Å². The minimum atomic E-state index is 0.652. The second-order valence-electron chi connectivity index (χ2n) is 9.92. The van der Waals surface area contributed by atoms with Gasteiger partial charge < -0.3 is 9.30 Å². The van der Waals surface area contributed by atoms with Crippen LogP contribution in [0.1, 0.15) is 0 Å². The number of fused-ring (bicyclic) bond motifs is 6. The van der Waals surface area contributed by atoms with Gasteiger partial charge in [-0.3, -0.25) is 4.57 Å². The van der Waals surface area contributed by atoms with Crippen molar-refractivity contribution in [3.8, 4) is 34.4 Å². The number of hydrogen-bond donors (Lipinski definition) is 0. The van der Waals surface area contributed by atoms with E-state index in [-0.39, 0.29) is 0 Å². The largest absolute Gasteiger partial charge is 0.456 e. The molecule has 0 unspecified atom stereocenters. The van der Waals surface area contributed by atoms with Crippen molar-refractivity contribution in [2.24, 2.45) is 0 Å². The summed E-state index contributed by atoms with van der Waals surface area (Å²) in [6.07, 6.45) is 2.14. The molecule has 4 heterocycles. The van der Waals surface area contributed by atoms with Crippen LogP contribution in [0.15, 0.2) is 121 Å². The molecule has 0 saturated carbocycles. The maximum Gasteiger partial charge on any atom is 0.235 e. The van der Waals surface area contributed by atoms with E-state index < -0.39 is 0 Å². The Morgan fingerprint density at radius 3 is 2.36 bits per heavy atom. The van der Waals surface area contributed by atoms with Crippen LogP contribution in [0.4, 0.5) is 0 Å². The van der Waals surface area contributed by atoms with Crippen molar-refractivity contribution in [2.75, 3.05) is 0 Å². The molecule has 0 bridgehead atoms. The third-order valence-electron chi connectivity index (χ3n) is 7.75. The van der Waals surface area contributed by atoms with Crippen LogP contribution in [0.2, 0.25) is 0 Å². The number of nitrogens with zero attached hydrogens (tertiary/aromatic N) is 4. The standard InChI is InChI=1S/C34H20N4O/c1-2-9-22(10-3-1)37-18-17-21-19-29-25(20-28(21)37)23-11-4-6-14-27(23)38(29)34-35-26-13-8-16-31-32(26)33(36-34)24-12-5-7-15-30(24)39-31/h1-20H. The lowest BCUT2D eigenvalue weighted by molar-refractivity contribution is 0.486. The van der Waals surface area contributed by atoms with Gasteiger partial charge in [-0.05, 0) is 60.7 Å². The lowest BCUT2D eigenvalue weighted by Crippen LogP contribution is -2.06. The Balaban J connectivity index is 1.38. The number of benzene rings is 5. The predicted octanol–water partition coefficient (Wildman–Crippen LogP) is 8.44. The summed E-state index contributed by atoms with van der Waals surface area (Å²) in [5, 5.41) is 4.45. The van der Waals surface area contributed by atoms with E-state index >= 15 is 0 Å². The first kappa shape index (κ1) is 20.6. The number of ether oxygens (including phenoxy) is 1. The highest BCUT2D eigenvalue weighted by molar-refractivity contribution is 6.13. The van der Waals surface area contributed by atoms with E-state index in [4.69, 9.17) is 14.7 Å². The molecule has 5 heteroatoms. The second kappa shape index (κ2) is 7.55. The first-order valence-corrected chi connectivity index (χ1v) is 13.0. The van der Waals surface area contributed by atoms with Gasteiger partial charge in [0.05, 0.1) is 33.1 Å². The van der Waals surface area contributed by atoms with E-state index in [1.807, 2.05) is 42.5 Å². The molecule has 0 atom stereocenters. The van der Waals surface area contributed by atoms with Crippen molar-refractivity contribution in [2.45, 2.75) is 0 Å². The van der Waals surface area contributed by atoms with Crippen molar-refractivity contribution in [1.29, 1.82) is 0 Å². The first-order chi connectivity index (χ1) is 19.3. The fourth-order valence-electron chi connectivity index (χ4n) is 6.02. The van der Waals surface area contributed by atoms with Crippen LogP contribution < -0.4 is 4.74 Å². The van der Waals surface area contributed by atoms with Gasteiger partial charge in [0.2, 0.25) is 5.95 Å². The highest BCUT2D eigenvalue weighted by Crippen LogP contribution is 2.45. The van der Waals surface area contributed by atoms with Gasteiger partial charge in [-0.1, -0.05) is 54.6 Å². The molecule has 5 nitrogen and oxygen atoms in total. The second-order valence-corrected chi connectivity index (χ2v) is 9.92. The summed E-state index contributed by atoms with van der Waals surface area (Å²) in [6.45, 7) is 0. The minimum absolute atomic E-state index is 0.652. The predicted molar refractivity (Wildman–Crippen MR) is 156 cm³/mol. The Kier molecular flexibility index (Phi) is 3.99. The van der Waals surface area contributed by atoms with E-state index in [0.29, 0.717) is 5.95 Å². The molecular weight excluding hydrogens is 480 g/mol. The van der Waals surface area contributed by atoms with Crippen LogP contribution in [0, 0.1) is 0 Å². The summed E-state index contributed by atoms with van der Waals surface area (Å²) in [6, 6.07) is 39.8. The van der Waals surface area contributed by atoms with Gasteiger partial charge in [-0.15, -0.1) is 0 Å². The monoisotopic (exact) mass is 500 g/mol. The Labute approximate surface area is 223 Å². The summed E-state index contributed by atoms with van der Waals surface area (Å²) in [5.74, 6) is 2.26. The average molecular weight is 501 g/mol. The Bertz CT molecular complexity index is 2260. The summed E-state index contributed by atoms with van der Waals surface area (Å²) in [7, 11) is 0. The number of aromatic nitrogens is 4. The van der Waals surface area contributed by atoms with Crippen LogP contribution in [-0.4, -0.2) is 19.1 Å². The van der Waals surface area contributed by atoms with Crippen molar-refractivity contribution in [3.05, 3.63) is 121 Å². The molecule has 1 aliphatic rings. The van der Waals surface area contributed by atoms with Crippen molar-refractivity contribution in [1.82, 2.24) is 19.1 Å². The third kappa shape index (κ3) is 2.84. The fraction of sp³-hybridized carbons (Fsp3) is 0. The van der Waals surface area contributed by atoms with Gasteiger partial charge in [-0.25, -0.2) is 9.97 Å². The Hall–Kier alpha value is -5.42. The van der Waals surface area contributed by atoms with Gasteiger partial charge in [0.15, 0.2) is 0 Å². The molecule has 5 aromatic carbocycles. The number of rotatable bonds is 2. The molecule has 1 aliphatic heterocycles. The summed E-state index contributed by atoms with van der Waals surface area (Å²) in [4.78, 5) is 10.3. The molecule has 0 spiro atoms. The van der Waals surface area contributed by atoms with Crippen LogP contribution in [0.3, 0.4) is 0 Å². The molecular formula is C34H20N4O. The highest BCUT2D eigenvalue weighted by atomic mass is 16.5. The Morgan fingerprint density at radius 1 is 0.590 bits per heavy atom. The van der Waals surface area contributed by atoms with Crippen molar-refractivity contribution >= 4 is 43.6 Å². The fourth-order valence-corrected chi connectivity index (χ4v) is 6.02. The molecule has 0 amide bonds. The summed E-state index contributed by atoms with van der Waals surface area (Å²) in [5.41, 5.74) is 7.21. The number of hydrogen-bond acceptors (Lipinski definition) is 3. The van der Waals surface area contributed by atoms with Crippen molar-refractivity contribution < 1.29 is 4.74 Å². The van der Waals surface area contributed by atoms with Gasteiger partial charge in [0.25, 0.3) is 0 Å². The first-order valence-electron chi connectivity index (χ1n) is 13.0. The maximum atomic E-state index is 6.22. The number of para-hydroxylation sites is 3. The lowest BCUT2D eigenvalue weighted by atomic mass is 10.0. The smallest absolute Gasteiger partial charge is 0.235 e. The SMILES string of the molecule is c1ccc(-n2ccc3cc4c(cc32)c2ccccc2n4-c2nc3c4c(cccc4n2)Oc2ccccc2-3)cc1. The van der Waals surface area contributed by atoms with E-state index in [9.17, 15) is 0 Å². The molecule has 0 aliphatic carbocycles. The summed E-state index contributed by atoms with van der Waals surface area (Å²) < 4.78 is 10.7. The lowest BCUT2D eigenvalue weighted by Gasteiger charge is -2.20. The minimum Gasteiger partial charge on any atom is -0.456 e. The van der Waals surface area contributed by atoms with E-state index in [1.165, 1.54) is 21.7 Å². The van der Waals surface area contributed by atoms with Crippen molar-refractivity contribution in [3.63, 3.8) is 0 Å². The third-order valence-corrected chi connectivity index (χ3v) is 7.75. The van der Waals surface area contributed by atoms with Crippen LogP contribution in [0.25, 0.3) is 66.5 Å². The van der Waals surface area contributed by atoms with Gasteiger partial charge >= 0.3 is 0 Å². The van der Waals surface area contributed by atoms with Gasteiger partial charge in [-0.2, -0.15) is 0 Å². The molecule has 0 N–H and O–H groups in total. The highest BCUT2D eigenvalue weighted by Gasteiger charge is 2.24. The zero-order valence-electron chi connectivity index (χ0n) is 20.7. The zero-order valence-corrected chi connectivity index (χ0v) is 20.7. The van der Waals surface area contributed by atoms with Crippen LogP contribution in [0.5, 0.6) is 11.5 Å². The topological polar surface area (TPSA) is 44.9 Å². The molecule has 39 heavy (non-hydrogen) atoms. The van der Waals surface area contributed by atoms with Crippen LogP contribution >= 0.6 is 0 Å². The molecule has 0 fully saturated rings. The molecule has 8 aromatic rings. The van der Waals surface area contributed by atoms with E-state index in [2.05, 4.69) is 88.1 Å². The molecule has 0 radical (unpaired) electrons. The molecule has 0 saturated heterocycles.